The minimum Gasteiger partial charge on any atom is -0.381 e. The van der Waals surface area contributed by atoms with E-state index in [1.807, 2.05) is 12.1 Å². The maximum absolute atomic E-state index is 5.97. The van der Waals surface area contributed by atoms with E-state index in [2.05, 4.69) is 17.4 Å². The van der Waals surface area contributed by atoms with Crippen LogP contribution in [0.3, 0.4) is 0 Å². The molecule has 2 fully saturated rings. The summed E-state index contributed by atoms with van der Waals surface area (Å²) < 4.78 is 5.43. The standard InChI is InChI=1S/C16H22ClNO/c17-15-5-3-14(4-6-15)16(13-1-2-13)18-9-7-12-8-10-19-11-12/h3-6,12-13,16,18H,1-2,7-11H2. The summed E-state index contributed by atoms with van der Waals surface area (Å²) >= 11 is 5.97. The van der Waals surface area contributed by atoms with Gasteiger partial charge in [0.2, 0.25) is 0 Å². The first kappa shape index (κ1) is 13.4. The molecule has 1 aliphatic heterocycles. The molecule has 2 atom stereocenters. The van der Waals surface area contributed by atoms with Crippen molar-refractivity contribution >= 4 is 11.6 Å². The Morgan fingerprint density at radius 2 is 2.00 bits per heavy atom. The summed E-state index contributed by atoms with van der Waals surface area (Å²) in [7, 11) is 0. The second-order valence-corrected chi connectivity index (χ2v) is 6.28. The van der Waals surface area contributed by atoms with Crippen molar-refractivity contribution < 1.29 is 4.74 Å². The Labute approximate surface area is 120 Å². The van der Waals surface area contributed by atoms with Crippen LogP contribution in [0.15, 0.2) is 24.3 Å². The Balaban J connectivity index is 1.53. The second-order valence-electron chi connectivity index (χ2n) is 5.84. The molecule has 1 N–H and O–H groups in total. The van der Waals surface area contributed by atoms with Crippen LogP contribution >= 0.6 is 11.6 Å². The summed E-state index contributed by atoms with van der Waals surface area (Å²) in [6.07, 6.45) is 5.17. The van der Waals surface area contributed by atoms with Gasteiger partial charge in [-0.1, -0.05) is 23.7 Å². The second kappa shape index (κ2) is 6.25. The van der Waals surface area contributed by atoms with Gasteiger partial charge in [-0.2, -0.15) is 0 Å². The lowest BCUT2D eigenvalue weighted by atomic mass is 10.0. The van der Waals surface area contributed by atoms with E-state index < -0.39 is 0 Å². The molecule has 1 heterocycles. The summed E-state index contributed by atoms with van der Waals surface area (Å²) in [5, 5.41) is 4.57. The van der Waals surface area contributed by atoms with Gasteiger partial charge in [0.1, 0.15) is 0 Å². The van der Waals surface area contributed by atoms with Crippen molar-refractivity contribution in [1.82, 2.24) is 5.32 Å². The molecule has 0 aromatic heterocycles. The molecule has 3 rings (SSSR count). The average Bonchev–Trinajstić information content (AvgIpc) is 3.13. The number of hydrogen-bond donors (Lipinski definition) is 1. The molecular formula is C16H22ClNO. The summed E-state index contributed by atoms with van der Waals surface area (Å²) in [5.74, 6) is 1.58. The van der Waals surface area contributed by atoms with Gasteiger partial charge in [0.05, 0.1) is 0 Å². The highest BCUT2D eigenvalue weighted by molar-refractivity contribution is 6.30. The predicted octanol–water partition coefficient (Wildman–Crippen LogP) is 3.81. The summed E-state index contributed by atoms with van der Waals surface area (Å²) in [4.78, 5) is 0. The molecule has 0 amide bonds. The van der Waals surface area contributed by atoms with Crippen LogP contribution in [0.25, 0.3) is 0 Å². The zero-order valence-corrected chi connectivity index (χ0v) is 12.0. The Kier molecular flexibility index (Phi) is 4.42. The number of hydrogen-bond acceptors (Lipinski definition) is 2. The number of ether oxygens (including phenoxy) is 1. The van der Waals surface area contributed by atoms with Crippen LogP contribution in [0, 0.1) is 11.8 Å². The SMILES string of the molecule is Clc1ccc(C(NCCC2CCOC2)C2CC2)cc1. The van der Waals surface area contributed by atoms with E-state index in [1.165, 1.54) is 31.2 Å². The van der Waals surface area contributed by atoms with Gasteiger partial charge in [-0.3, -0.25) is 0 Å². The maximum atomic E-state index is 5.97. The quantitative estimate of drug-likeness (QED) is 0.855. The van der Waals surface area contributed by atoms with Crippen molar-refractivity contribution in [1.29, 1.82) is 0 Å². The molecule has 2 nitrogen and oxygen atoms in total. The van der Waals surface area contributed by atoms with Gasteiger partial charge in [-0.05, 0) is 61.8 Å². The fraction of sp³-hybridized carbons (Fsp3) is 0.625. The van der Waals surface area contributed by atoms with Crippen LogP contribution in [0.5, 0.6) is 0 Å². The van der Waals surface area contributed by atoms with E-state index in [9.17, 15) is 0 Å². The Bertz CT molecular complexity index is 396. The number of halogens is 1. The van der Waals surface area contributed by atoms with Crippen LogP contribution in [0.4, 0.5) is 0 Å². The lowest BCUT2D eigenvalue weighted by Crippen LogP contribution is -2.25. The highest BCUT2D eigenvalue weighted by Crippen LogP contribution is 2.41. The summed E-state index contributed by atoms with van der Waals surface area (Å²) in [5.41, 5.74) is 1.38. The first-order valence-electron chi connectivity index (χ1n) is 7.39. The van der Waals surface area contributed by atoms with Crippen LogP contribution < -0.4 is 5.32 Å². The van der Waals surface area contributed by atoms with Crippen molar-refractivity contribution in [2.75, 3.05) is 19.8 Å². The third-order valence-corrected chi connectivity index (χ3v) is 4.52. The van der Waals surface area contributed by atoms with E-state index >= 15 is 0 Å². The fourth-order valence-electron chi connectivity index (χ4n) is 2.91. The van der Waals surface area contributed by atoms with E-state index in [4.69, 9.17) is 16.3 Å². The molecule has 1 saturated heterocycles. The lowest BCUT2D eigenvalue weighted by molar-refractivity contribution is 0.184. The number of benzene rings is 1. The minimum absolute atomic E-state index is 0.514. The highest BCUT2D eigenvalue weighted by Gasteiger charge is 2.32. The topological polar surface area (TPSA) is 21.3 Å². The van der Waals surface area contributed by atoms with Crippen molar-refractivity contribution in [2.24, 2.45) is 11.8 Å². The van der Waals surface area contributed by atoms with Gasteiger partial charge in [0.25, 0.3) is 0 Å². The molecule has 0 radical (unpaired) electrons. The molecular weight excluding hydrogens is 258 g/mol. The molecule has 2 aliphatic rings. The van der Waals surface area contributed by atoms with E-state index in [0.717, 1.165) is 36.6 Å². The molecule has 0 spiro atoms. The summed E-state index contributed by atoms with van der Waals surface area (Å²) in [6.45, 7) is 3.00. The van der Waals surface area contributed by atoms with Crippen molar-refractivity contribution in [3.8, 4) is 0 Å². The molecule has 0 bridgehead atoms. The third kappa shape index (κ3) is 3.71. The van der Waals surface area contributed by atoms with E-state index in [-0.39, 0.29) is 0 Å². The highest BCUT2D eigenvalue weighted by atomic mass is 35.5. The molecule has 2 unspecified atom stereocenters. The summed E-state index contributed by atoms with van der Waals surface area (Å²) in [6, 6.07) is 8.84. The monoisotopic (exact) mass is 279 g/mol. The van der Waals surface area contributed by atoms with Crippen molar-refractivity contribution in [3.63, 3.8) is 0 Å². The molecule has 1 saturated carbocycles. The van der Waals surface area contributed by atoms with Crippen molar-refractivity contribution in [3.05, 3.63) is 34.9 Å². The smallest absolute Gasteiger partial charge is 0.0495 e. The largest absolute Gasteiger partial charge is 0.381 e. The van der Waals surface area contributed by atoms with Gasteiger partial charge in [0, 0.05) is 24.3 Å². The zero-order valence-electron chi connectivity index (χ0n) is 11.3. The Morgan fingerprint density at radius 3 is 2.63 bits per heavy atom. The van der Waals surface area contributed by atoms with Crippen LogP contribution in [0.1, 0.15) is 37.3 Å². The molecule has 19 heavy (non-hydrogen) atoms. The maximum Gasteiger partial charge on any atom is 0.0495 e. The Hall–Kier alpha value is -0.570. The average molecular weight is 280 g/mol. The van der Waals surface area contributed by atoms with E-state index in [0.29, 0.717) is 6.04 Å². The third-order valence-electron chi connectivity index (χ3n) is 4.26. The van der Waals surface area contributed by atoms with Crippen LogP contribution in [-0.2, 0) is 4.74 Å². The first-order chi connectivity index (χ1) is 9.33. The van der Waals surface area contributed by atoms with Gasteiger partial charge in [-0.25, -0.2) is 0 Å². The molecule has 1 aromatic rings. The molecule has 104 valence electrons. The van der Waals surface area contributed by atoms with Gasteiger partial charge in [-0.15, -0.1) is 0 Å². The Morgan fingerprint density at radius 1 is 1.21 bits per heavy atom. The lowest BCUT2D eigenvalue weighted by Gasteiger charge is -2.20. The van der Waals surface area contributed by atoms with Crippen LogP contribution in [0.2, 0.25) is 5.02 Å². The van der Waals surface area contributed by atoms with Crippen molar-refractivity contribution in [2.45, 2.75) is 31.7 Å². The molecule has 3 heteroatoms. The molecule has 1 aliphatic carbocycles. The number of nitrogens with one attached hydrogen (secondary N) is 1. The first-order valence-corrected chi connectivity index (χ1v) is 7.77. The van der Waals surface area contributed by atoms with Gasteiger partial charge >= 0.3 is 0 Å². The zero-order chi connectivity index (χ0) is 13.1. The minimum atomic E-state index is 0.514. The number of rotatable bonds is 6. The normalized spacial score (nSPS) is 24.6. The van der Waals surface area contributed by atoms with Gasteiger partial charge < -0.3 is 10.1 Å². The predicted molar refractivity (Wildman–Crippen MR) is 78.5 cm³/mol. The van der Waals surface area contributed by atoms with E-state index in [1.54, 1.807) is 0 Å². The van der Waals surface area contributed by atoms with Gasteiger partial charge in [0.15, 0.2) is 0 Å². The fourth-order valence-corrected chi connectivity index (χ4v) is 3.04. The molecule has 1 aromatic carbocycles. The van der Waals surface area contributed by atoms with Crippen LogP contribution in [-0.4, -0.2) is 19.8 Å².